The van der Waals surface area contributed by atoms with Gasteiger partial charge in [-0.15, -0.1) is 0 Å². The van der Waals surface area contributed by atoms with E-state index in [1.165, 1.54) is 12.1 Å². The number of carboxylic acids is 1. The minimum absolute atomic E-state index is 0.0560. The van der Waals surface area contributed by atoms with Crippen molar-refractivity contribution in [3.05, 3.63) is 63.7 Å². The molecule has 0 heterocycles. The second-order valence-corrected chi connectivity index (χ2v) is 3.92. The van der Waals surface area contributed by atoms with Gasteiger partial charge in [0.1, 0.15) is 17.1 Å². The molecule has 8 heteroatoms. The molecule has 108 valence electrons. The Morgan fingerprint density at radius 3 is 2.33 bits per heavy atom. The molecule has 0 aliphatic rings. The minimum atomic E-state index is -1.59. The Morgan fingerprint density at radius 2 is 1.81 bits per heavy atom. The average molecular weight is 295 g/mol. The van der Waals surface area contributed by atoms with Crippen LogP contribution in [0.4, 0.5) is 14.5 Å². The van der Waals surface area contributed by atoms with Crippen LogP contribution in [0.2, 0.25) is 0 Å². The second-order valence-electron chi connectivity index (χ2n) is 3.92. The SMILES string of the molecule is O=C(O)c1cc(Oc2ccc(F)cc2)c(F)cc1[N+](=O)[O-]. The fourth-order valence-electron chi connectivity index (χ4n) is 1.57. The van der Waals surface area contributed by atoms with Gasteiger partial charge in [0.05, 0.1) is 11.0 Å². The summed E-state index contributed by atoms with van der Waals surface area (Å²) in [5.74, 6) is -3.68. The number of rotatable bonds is 4. The molecule has 0 aromatic heterocycles. The van der Waals surface area contributed by atoms with Gasteiger partial charge in [0, 0.05) is 6.07 Å². The number of carboxylic acid groups (broad SMARTS) is 1. The molecule has 0 unspecified atom stereocenters. The number of carbonyl (C=O) groups is 1. The standard InChI is InChI=1S/C13H7F2NO5/c14-7-1-3-8(4-2-7)21-12-5-9(13(17)18)11(16(19)20)6-10(12)15/h1-6H,(H,17,18). The Hall–Kier alpha value is -3.03. The van der Waals surface area contributed by atoms with Gasteiger partial charge in [0.25, 0.3) is 5.69 Å². The number of ether oxygens (including phenoxy) is 1. The highest BCUT2D eigenvalue weighted by atomic mass is 19.1. The van der Waals surface area contributed by atoms with Gasteiger partial charge in [-0.2, -0.15) is 0 Å². The van der Waals surface area contributed by atoms with E-state index in [1.807, 2.05) is 0 Å². The van der Waals surface area contributed by atoms with Crippen LogP contribution in [0.15, 0.2) is 36.4 Å². The predicted octanol–water partition coefficient (Wildman–Crippen LogP) is 3.36. The summed E-state index contributed by atoms with van der Waals surface area (Å²) in [4.78, 5) is 20.6. The summed E-state index contributed by atoms with van der Waals surface area (Å²) in [6, 6.07) is 5.71. The summed E-state index contributed by atoms with van der Waals surface area (Å²) in [6.45, 7) is 0. The fourth-order valence-corrected chi connectivity index (χ4v) is 1.57. The zero-order chi connectivity index (χ0) is 15.6. The molecule has 0 atom stereocenters. The number of hydrogen-bond donors (Lipinski definition) is 1. The molecule has 0 spiro atoms. The second kappa shape index (κ2) is 5.53. The van der Waals surface area contributed by atoms with Gasteiger partial charge in [-0.3, -0.25) is 10.1 Å². The lowest BCUT2D eigenvalue weighted by atomic mass is 10.1. The van der Waals surface area contributed by atoms with Crippen LogP contribution < -0.4 is 4.74 Å². The van der Waals surface area contributed by atoms with Crippen molar-refractivity contribution in [1.82, 2.24) is 0 Å². The number of halogens is 2. The highest BCUT2D eigenvalue weighted by Crippen LogP contribution is 2.31. The molecular weight excluding hydrogens is 288 g/mol. The quantitative estimate of drug-likeness (QED) is 0.690. The largest absolute Gasteiger partial charge is 0.477 e. The molecule has 0 bridgehead atoms. The molecule has 6 nitrogen and oxygen atoms in total. The maximum atomic E-state index is 13.7. The average Bonchev–Trinajstić information content (AvgIpc) is 2.42. The summed E-state index contributed by atoms with van der Waals surface area (Å²) >= 11 is 0. The first-order valence-electron chi connectivity index (χ1n) is 5.53. The van der Waals surface area contributed by atoms with Crippen molar-refractivity contribution < 1.29 is 28.3 Å². The molecule has 0 saturated heterocycles. The molecular formula is C13H7F2NO5. The van der Waals surface area contributed by atoms with Gasteiger partial charge < -0.3 is 9.84 Å². The van der Waals surface area contributed by atoms with Crippen LogP contribution >= 0.6 is 0 Å². The number of hydrogen-bond acceptors (Lipinski definition) is 4. The van der Waals surface area contributed by atoms with Crippen molar-refractivity contribution >= 4 is 11.7 Å². The maximum Gasteiger partial charge on any atom is 0.342 e. The normalized spacial score (nSPS) is 10.2. The summed E-state index contributed by atoms with van der Waals surface area (Å²) in [6.07, 6.45) is 0. The van der Waals surface area contributed by atoms with Crippen molar-refractivity contribution in [2.45, 2.75) is 0 Å². The molecule has 0 saturated carbocycles. The van der Waals surface area contributed by atoms with E-state index in [1.54, 1.807) is 0 Å². The van der Waals surface area contributed by atoms with Gasteiger partial charge >= 0.3 is 5.97 Å². The zero-order valence-electron chi connectivity index (χ0n) is 10.2. The van der Waals surface area contributed by atoms with Crippen molar-refractivity contribution in [2.75, 3.05) is 0 Å². The number of benzene rings is 2. The lowest BCUT2D eigenvalue weighted by Crippen LogP contribution is -2.04. The lowest BCUT2D eigenvalue weighted by molar-refractivity contribution is -0.385. The molecule has 0 fully saturated rings. The summed E-state index contributed by atoms with van der Waals surface area (Å²) < 4.78 is 31.5. The minimum Gasteiger partial charge on any atom is -0.477 e. The Balaban J connectivity index is 2.44. The fraction of sp³-hybridized carbons (Fsp3) is 0. The van der Waals surface area contributed by atoms with E-state index in [9.17, 15) is 23.7 Å². The van der Waals surface area contributed by atoms with Gasteiger partial charge in [0.2, 0.25) is 0 Å². The first kappa shape index (κ1) is 14.4. The summed E-state index contributed by atoms with van der Waals surface area (Å²) in [7, 11) is 0. The number of nitro groups is 1. The molecule has 21 heavy (non-hydrogen) atoms. The van der Waals surface area contributed by atoms with E-state index >= 15 is 0 Å². The maximum absolute atomic E-state index is 13.7. The van der Waals surface area contributed by atoms with Crippen LogP contribution in [0.3, 0.4) is 0 Å². The Labute approximate surface area is 116 Å². The third-order valence-corrected chi connectivity index (χ3v) is 2.52. The molecule has 0 amide bonds. The number of nitro benzene ring substituents is 1. The Bertz CT molecular complexity index is 715. The van der Waals surface area contributed by atoms with Crippen molar-refractivity contribution in [3.8, 4) is 11.5 Å². The van der Waals surface area contributed by atoms with E-state index in [2.05, 4.69) is 0 Å². The third kappa shape index (κ3) is 3.11. The zero-order valence-corrected chi connectivity index (χ0v) is 10.2. The van der Waals surface area contributed by atoms with Crippen LogP contribution in [-0.2, 0) is 0 Å². The monoisotopic (exact) mass is 295 g/mol. The van der Waals surface area contributed by atoms with Crippen molar-refractivity contribution in [1.29, 1.82) is 0 Å². The van der Waals surface area contributed by atoms with Gasteiger partial charge in [-0.25, -0.2) is 13.6 Å². The van der Waals surface area contributed by atoms with Crippen molar-refractivity contribution in [3.63, 3.8) is 0 Å². The molecule has 2 aromatic carbocycles. The van der Waals surface area contributed by atoms with Gasteiger partial charge in [-0.1, -0.05) is 0 Å². The highest BCUT2D eigenvalue weighted by molar-refractivity contribution is 5.92. The molecule has 1 N–H and O–H groups in total. The van der Waals surface area contributed by atoms with Crippen LogP contribution in [0.1, 0.15) is 10.4 Å². The molecule has 2 rings (SSSR count). The van der Waals surface area contributed by atoms with E-state index in [0.29, 0.717) is 12.1 Å². The smallest absolute Gasteiger partial charge is 0.342 e. The molecule has 0 aliphatic heterocycles. The van der Waals surface area contributed by atoms with Crippen LogP contribution in [0.25, 0.3) is 0 Å². The molecule has 0 aliphatic carbocycles. The van der Waals surface area contributed by atoms with Crippen molar-refractivity contribution in [2.24, 2.45) is 0 Å². The van der Waals surface area contributed by atoms with Gasteiger partial charge in [0.15, 0.2) is 11.6 Å². The predicted molar refractivity (Wildman–Crippen MR) is 66.5 cm³/mol. The topological polar surface area (TPSA) is 89.7 Å². The lowest BCUT2D eigenvalue weighted by Gasteiger charge is -2.08. The van der Waals surface area contributed by atoms with E-state index < -0.39 is 39.5 Å². The number of nitrogens with zero attached hydrogens (tertiary/aromatic N) is 1. The summed E-state index contributed by atoms with van der Waals surface area (Å²) in [5, 5.41) is 19.6. The Morgan fingerprint density at radius 1 is 1.19 bits per heavy atom. The van der Waals surface area contributed by atoms with Crippen LogP contribution in [0.5, 0.6) is 11.5 Å². The van der Waals surface area contributed by atoms with Crippen LogP contribution in [0, 0.1) is 21.7 Å². The molecule has 0 radical (unpaired) electrons. The van der Waals surface area contributed by atoms with E-state index in [4.69, 9.17) is 9.84 Å². The van der Waals surface area contributed by atoms with E-state index in [0.717, 1.165) is 12.1 Å². The third-order valence-electron chi connectivity index (χ3n) is 2.52. The van der Waals surface area contributed by atoms with E-state index in [-0.39, 0.29) is 5.75 Å². The first-order valence-corrected chi connectivity index (χ1v) is 5.53. The van der Waals surface area contributed by atoms with Crippen LogP contribution in [-0.4, -0.2) is 16.0 Å². The number of aromatic carboxylic acids is 1. The highest BCUT2D eigenvalue weighted by Gasteiger charge is 2.24. The Kier molecular flexibility index (Phi) is 3.79. The van der Waals surface area contributed by atoms with Gasteiger partial charge in [-0.05, 0) is 24.3 Å². The summed E-state index contributed by atoms with van der Waals surface area (Å²) in [5.41, 5.74) is -1.59. The molecule has 2 aromatic rings. The first-order chi connectivity index (χ1) is 9.88.